The van der Waals surface area contributed by atoms with Crippen LogP contribution in [0, 0.1) is 0 Å². The molecule has 0 bridgehead atoms. The molecule has 0 aliphatic carbocycles. The van der Waals surface area contributed by atoms with Crippen LogP contribution >= 0.6 is 11.6 Å². The molecule has 0 spiro atoms. The molecule has 0 amide bonds. The van der Waals surface area contributed by atoms with E-state index in [1.54, 1.807) is 42.5 Å². The van der Waals surface area contributed by atoms with Gasteiger partial charge in [0.2, 0.25) is 0 Å². The average molecular weight is 353 g/mol. The van der Waals surface area contributed by atoms with E-state index in [-0.39, 0.29) is 0 Å². The first-order valence-electron chi connectivity index (χ1n) is 7.17. The van der Waals surface area contributed by atoms with Crippen molar-refractivity contribution in [2.24, 2.45) is 0 Å². The molecular formula is C17H12ClF3N2O. The number of nitrogens with zero attached hydrogens (tertiary/aromatic N) is 2. The van der Waals surface area contributed by atoms with Gasteiger partial charge in [0, 0.05) is 22.5 Å². The lowest BCUT2D eigenvalue weighted by molar-refractivity contribution is -0.136. The van der Waals surface area contributed by atoms with E-state index in [1.807, 2.05) is 6.07 Å². The molecule has 0 aliphatic rings. The second kappa shape index (κ2) is 6.28. The zero-order valence-corrected chi connectivity index (χ0v) is 13.1. The van der Waals surface area contributed by atoms with Crippen LogP contribution in [0.15, 0.2) is 53.3 Å². The SMILES string of the molecule is O=c1nc(-c2ccccc2)c2cc(Cl)ccc2n1CCC(F)(F)F. The van der Waals surface area contributed by atoms with Crippen LogP contribution in [0.25, 0.3) is 22.2 Å². The summed E-state index contributed by atoms with van der Waals surface area (Å²) in [6, 6.07) is 13.7. The number of alkyl halides is 3. The molecule has 0 radical (unpaired) electrons. The minimum absolute atomic E-state index is 0.377. The highest BCUT2D eigenvalue weighted by atomic mass is 35.5. The van der Waals surface area contributed by atoms with E-state index < -0.39 is 24.8 Å². The average Bonchev–Trinajstić information content (AvgIpc) is 2.53. The standard InChI is InChI=1S/C17H12ClF3N2O/c18-12-6-7-14-13(10-12)15(11-4-2-1-3-5-11)22-16(24)23(14)9-8-17(19,20)21/h1-7,10H,8-9H2. The molecule has 0 unspecified atom stereocenters. The Morgan fingerprint density at radius 2 is 1.79 bits per heavy atom. The molecule has 0 fully saturated rings. The van der Waals surface area contributed by atoms with E-state index in [4.69, 9.17) is 11.6 Å². The molecule has 24 heavy (non-hydrogen) atoms. The quantitative estimate of drug-likeness (QED) is 0.686. The van der Waals surface area contributed by atoms with Crippen LogP contribution in [0.1, 0.15) is 6.42 Å². The van der Waals surface area contributed by atoms with Gasteiger partial charge in [-0.15, -0.1) is 0 Å². The van der Waals surface area contributed by atoms with Gasteiger partial charge in [0.05, 0.1) is 17.6 Å². The van der Waals surface area contributed by atoms with Crippen molar-refractivity contribution in [3.63, 3.8) is 0 Å². The van der Waals surface area contributed by atoms with Gasteiger partial charge in [-0.25, -0.2) is 4.79 Å². The van der Waals surface area contributed by atoms with Crippen LogP contribution < -0.4 is 5.69 Å². The number of hydrogen-bond donors (Lipinski definition) is 0. The van der Waals surface area contributed by atoms with Crippen molar-refractivity contribution in [3.05, 3.63) is 64.0 Å². The highest BCUT2D eigenvalue weighted by Crippen LogP contribution is 2.28. The molecular weight excluding hydrogens is 341 g/mol. The summed E-state index contributed by atoms with van der Waals surface area (Å²) >= 11 is 6.02. The first-order valence-corrected chi connectivity index (χ1v) is 7.55. The van der Waals surface area contributed by atoms with Gasteiger partial charge < -0.3 is 0 Å². The zero-order chi connectivity index (χ0) is 17.3. The summed E-state index contributed by atoms with van der Waals surface area (Å²) in [7, 11) is 0. The Bertz CT molecular complexity index is 936. The maximum absolute atomic E-state index is 12.5. The minimum atomic E-state index is -4.35. The van der Waals surface area contributed by atoms with E-state index in [2.05, 4.69) is 4.98 Å². The predicted molar refractivity (Wildman–Crippen MR) is 87.1 cm³/mol. The van der Waals surface area contributed by atoms with Gasteiger partial charge in [0.1, 0.15) is 0 Å². The van der Waals surface area contributed by atoms with Gasteiger partial charge in [0.15, 0.2) is 0 Å². The maximum Gasteiger partial charge on any atom is 0.390 e. The minimum Gasteiger partial charge on any atom is -0.292 e. The molecule has 0 aliphatic heterocycles. The van der Waals surface area contributed by atoms with Gasteiger partial charge in [-0.05, 0) is 18.2 Å². The summed E-state index contributed by atoms with van der Waals surface area (Å²) in [6.45, 7) is -0.484. The molecule has 0 saturated carbocycles. The largest absolute Gasteiger partial charge is 0.390 e. The smallest absolute Gasteiger partial charge is 0.292 e. The van der Waals surface area contributed by atoms with Crippen molar-refractivity contribution in [2.45, 2.75) is 19.1 Å². The van der Waals surface area contributed by atoms with Crippen LogP contribution in [-0.4, -0.2) is 15.7 Å². The first kappa shape index (κ1) is 16.5. The number of benzene rings is 2. The van der Waals surface area contributed by atoms with E-state index in [0.717, 1.165) is 4.57 Å². The van der Waals surface area contributed by atoms with Crippen molar-refractivity contribution in [2.75, 3.05) is 0 Å². The fourth-order valence-electron chi connectivity index (χ4n) is 2.52. The van der Waals surface area contributed by atoms with E-state index in [9.17, 15) is 18.0 Å². The Morgan fingerprint density at radius 1 is 1.08 bits per heavy atom. The predicted octanol–water partition coefficient (Wildman–Crippen LogP) is 4.67. The van der Waals surface area contributed by atoms with Crippen molar-refractivity contribution < 1.29 is 13.2 Å². The van der Waals surface area contributed by atoms with Gasteiger partial charge in [-0.3, -0.25) is 4.57 Å². The lowest BCUT2D eigenvalue weighted by Crippen LogP contribution is -2.26. The lowest BCUT2D eigenvalue weighted by Gasteiger charge is -2.14. The zero-order valence-electron chi connectivity index (χ0n) is 12.3. The number of rotatable bonds is 3. The van der Waals surface area contributed by atoms with Crippen molar-refractivity contribution in [3.8, 4) is 11.3 Å². The van der Waals surface area contributed by atoms with Crippen molar-refractivity contribution in [1.82, 2.24) is 9.55 Å². The maximum atomic E-state index is 12.5. The van der Waals surface area contributed by atoms with Gasteiger partial charge in [0.25, 0.3) is 0 Å². The summed E-state index contributed by atoms with van der Waals surface area (Å²) in [5, 5.41) is 0.956. The Labute approximate surface area is 140 Å². The van der Waals surface area contributed by atoms with Crippen LogP contribution in [0.2, 0.25) is 5.02 Å². The molecule has 0 N–H and O–H groups in total. The molecule has 3 aromatic rings. The highest BCUT2D eigenvalue weighted by Gasteiger charge is 2.27. The molecule has 3 nitrogen and oxygen atoms in total. The third-order valence-electron chi connectivity index (χ3n) is 3.61. The molecule has 1 aromatic heterocycles. The lowest BCUT2D eigenvalue weighted by atomic mass is 10.1. The number of aryl methyl sites for hydroxylation is 1. The summed E-state index contributed by atoms with van der Waals surface area (Å²) in [5.41, 5.74) is 0.765. The summed E-state index contributed by atoms with van der Waals surface area (Å²) < 4.78 is 38.6. The molecule has 1 heterocycles. The third kappa shape index (κ3) is 3.43. The Hall–Kier alpha value is -2.34. The number of halogens is 4. The van der Waals surface area contributed by atoms with Crippen LogP contribution in [0.4, 0.5) is 13.2 Å². The van der Waals surface area contributed by atoms with Crippen LogP contribution in [-0.2, 0) is 6.54 Å². The Kier molecular flexibility index (Phi) is 4.32. The molecule has 7 heteroatoms. The number of fused-ring (bicyclic) bond motifs is 1. The monoisotopic (exact) mass is 352 g/mol. The first-order chi connectivity index (χ1) is 11.3. The summed E-state index contributed by atoms with van der Waals surface area (Å²) in [6.07, 6.45) is -5.45. The highest BCUT2D eigenvalue weighted by molar-refractivity contribution is 6.31. The second-order valence-corrected chi connectivity index (χ2v) is 5.72. The van der Waals surface area contributed by atoms with Crippen molar-refractivity contribution in [1.29, 1.82) is 0 Å². The Balaban J connectivity index is 2.23. The van der Waals surface area contributed by atoms with Gasteiger partial charge in [-0.1, -0.05) is 41.9 Å². The Morgan fingerprint density at radius 3 is 2.46 bits per heavy atom. The normalized spacial score (nSPS) is 11.8. The van der Waals surface area contributed by atoms with E-state index in [1.165, 1.54) is 0 Å². The number of aromatic nitrogens is 2. The molecule has 3 rings (SSSR count). The summed E-state index contributed by atoms with van der Waals surface area (Å²) in [4.78, 5) is 16.3. The van der Waals surface area contributed by atoms with E-state index >= 15 is 0 Å². The second-order valence-electron chi connectivity index (χ2n) is 5.29. The van der Waals surface area contributed by atoms with E-state index in [0.29, 0.717) is 27.2 Å². The molecule has 0 saturated heterocycles. The number of hydrogen-bond acceptors (Lipinski definition) is 2. The topological polar surface area (TPSA) is 34.9 Å². The fraction of sp³-hybridized carbons (Fsp3) is 0.176. The van der Waals surface area contributed by atoms with Crippen molar-refractivity contribution >= 4 is 22.5 Å². The summed E-state index contributed by atoms with van der Waals surface area (Å²) in [5.74, 6) is 0. The molecule has 0 atom stereocenters. The third-order valence-corrected chi connectivity index (χ3v) is 3.84. The molecule has 124 valence electrons. The van der Waals surface area contributed by atoms with Gasteiger partial charge in [-0.2, -0.15) is 18.2 Å². The van der Waals surface area contributed by atoms with Crippen LogP contribution in [0.5, 0.6) is 0 Å². The fourth-order valence-corrected chi connectivity index (χ4v) is 2.70. The van der Waals surface area contributed by atoms with Gasteiger partial charge >= 0.3 is 11.9 Å². The molecule has 2 aromatic carbocycles. The van der Waals surface area contributed by atoms with Crippen LogP contribution in [0.3, 0.4) is 0 Å².